The summed E-state index contributed by atoms with van der Waals surface area (Å²) in [6.45, 7) is 5.24. The standard InChI is InChI=1S/C14H29NO3/c1-4-6-8-13(14(17)18-3)15-11-12(7-5-2)9-10-16/h12-13,15-16H,4-11H2,1-3H3. The van der Waals surface area contributed by atoms with Crippen molar-refractivity contribution in [1.82, 2.24) is 5.32 Å². The first-order chi connectivity index (χ1) is 8.69. The molecule has 0 saturated heterocycles. The van der Waals surface area contributed by atoms with Crippen molar-refractivity contribution in [1.29, 1.82) is 0 Å². The highest BCUT2D eigenvalue weighted by atomic mass is 16.5. The fourth-order valence-corrected chi connectivity index (χ4v) is 2.10. The van der Waals surface area contributed by atoms with E-state index < -0.39 is 0 Å². The van der Waals surface area contributed by atoms with Crippen LogP contribution in [0, 0.1) is 5.92 Å². The van der Waals surface area contributed by atoms with Gasteiger partial charge in [0.2, 0.25) is 0 Å². The summed E-state index contributed by atoms with van der Waals surface area (Å²) in [4.78, 5) is 11.6. The number of carbonyl (C=O) groups is 1. The molecule has 0 aromatic rings. The number of hydrogen-bond acceptors (Lipinski definition) is 4. The first kappa shape index (κ1) is 17.4. The van der Waals surface area contributed by atoms with Crippen molar-refractivity contribution in [3.8, 4) is 0 Å². The minimum atomic E-state index is -0.201. The number of rotatable bonds is 11. The van der Waals surface area contributed by atoms with Gasteiger partial charge in [0.15, 0.2) is 0 Å². The van der Waals surface area contributed by atoms with Crippen LogP contribution >= 0.6 is 0 Å². The number of esters is 1. The third-order valence-corrected chi connectivity index (χ3v) is 3.22. The van der Waals surface area contributed by atoms with Crippen molar-refractivity contribution in [2.45, 2.75) is 58.4 Å². The Labute approximate surface area is 111 Å². The number of methoxy groups -OCH3 is 1. The lowest BCUT2D eigenvalue weighted by atomic mass is 9.99. The van der Waals surface area contributed by atoms with E-state index in [2.05, 4.69) is 19.2 Å². The van der Waals surface area contributed by atoms with Gasteiger partial charge >= 0.3 is 5.97 Å². The SMILES string of the molecule is CCCCC(NCC(CCC)CCO)C(=O)OC. The minimum absolute atomic E-state index is 0.178. The zero-order valence-corrected chi connectivity index (χ0v) is 12.1. The molecule has 0 aliphatic heterocycles. The summed E-state index contributed by atoms with van der Waals surface area (Å²) >= 11 is 0. The summed E-state index contributed by atoms with van der Waals surface area (Å²) in [7, 11) is 1.43. The van der Waals surface area contributed by atoms with E-state index in [-0.39, 0.29) is 18.6 Å². The van der Waals surface area contributed by atoms with E-state index >= 15 is 0 Å². The van der Waals surface area contributed by atoms with E-state index in [9.17, 15) is 4.79 Å². The maximum atomic E-state index is 11.6. The molecule has 4 nitrogen and oxygen atoms in total. The second kappa shape index (κ2) is 11.5. The van der Waals surface area contributed by atoms with Crippen molar-refractivity contribution < 1.29 is 14.6 Å². The van der Waals surface area contributed by atoms with Gasteiger partial charge in [0.05, 0.1) is 7.11 Å². The molecule has 0 spiro atoms. The topological polar surface area (TPSA) is 58.6 Å². The summed E-state index contributed by atoms with van der Waals surface area (Å²) in [6.07, 6.45) is 5.89. The van der Waals surface area contributed by atoms with Crippen LogP contribution in [0.2, 0.25) is 0 Å². The molecule has 2 atom stereocenters. The van der Waals surface area contributed by atoms with Crippen LogP contribution in [0.1, 0.15) is 52.4 Å². The first-order valence-electron chi connectivity index (χ1n) is 7.11. The maximum Gasteiger partial charge on any atom is 0.322 e. The van der Waals surface area contributed by atoms with Gasteiger partial charge in [-0.1, -0.05) is 33.1 Å². The Balaban J connectivity index is 4.15. The normalized spacial score (nSPS) is 14.2. The molecule has 0 amide bonds. The van der Waals surface area contributed by atoms with Crippen LogP contribution in [-0.2, 0) is 9.53 Å². The molecule has 0 aromatic carbocycles. The lowest BCUT2D eigenvalue weighted by Gasteiger charge is -2.21. The Kier molecular flexibility index (Phi) is 11.1. The van der Waals surface area contributed by atoms with Gasteiger partial charge in [-0.15, -0.1) is 0 Å². The van der Waals surface area contributed by atoms with Gasteiger partial charge in [0.1, 0.15) is 6.04 Å². The van der Waals surface area contributed by atoms with Crippen LogP contribution in [-0.4, -0.2) is 37.4 Å². The van der Waals surface area contributed by atoms with E-state index in [4.69, 9.17) is 9.84 Å². The van der Waals surface area contributed by atoms with Crippen LogP contribution in [0.5, 0.6) is 0 Å². The Hall–Kier alpha value is -0.610. The molecule has 0 heterocycles. The molecule has 0 rings (SSSR count). The van der Waals surface area contributed by atoms with E-state index in [0.29, 0.717) is 5.92 Å². The van der Waals surface area contributed by atoms with Gasteiger partial charge in [-0.2, -0.15) is 0 Å². The second-order valence-electron chi connectivity index (χ2n) is 4.79. The summed E-state index contributed by atoms with van der Waals surface area (Å²) in [5, 5.41) is 12.3. The highest BCUT2D eigenvalue weighted by Gasteiger charge is 2.19. The molecule has 4 heteroatoms. The van der Waals surface area contributed by atoms with Gasteiger partial charge in [0, 0.05) is 6.61 Å². The highest BCUT2D eigenvalue weighted by molar-refractivity contribution is 5.75. The fourth-order valence-electron chi connectivity index (χ4n) is 2.10. The van der Waals surface area contributed by atoms with Gasteiger partial charge in [-0.3, -0.25) is 4.79 Å². The van der Waals surface area contributed by atoms with Crippen molar-refractivity contribution in [2.75, 3.05) is 20.3 Å². The molecule has 0 aliphatic carbocycles. The Morgan fingerprint density at radius 1 is 1.22 bits per heavy atom. The third-order valence-electron chi connectivity index (χ3n) is 3.22. The van der Waals surface area contributed by atoms with Crippen LogP contribution in [0.25, 0.3) is 0 Å². The van der Waals surface area contributed by atoms with Crippen molar-refractivity contribution in [2.24, 2.45) is 5.92 Å². The molecule has 0 fully saturated rings. The molecule has 0 aliphatic rings. The maximum absolute atomic E-state index is 11.6. The molecule has 108 valence electrons. The lowest BCUT2D eigenvalue weighted by molar-refractivity contribution is -0.143. The lowest BCUT2D eigenvalue weighted by Crippen LogP contribution is -2.40. The summed E-state index contributed by atoms with van der Waals surface area (Å²) < 4.78 is 4.81. The number of unbranched alkanes of at least 4 members (excludes halogenated alkanes) is 1. The van der Waals surface area contributed by atoms with Crippen molar-refractivity contribution >= 4 is 5.97 Å². The van der Waals surface area contributed by atoms with E-state index in [1.807, 2.05) is 0 Å². The number of aliphatic hydroxyl groups excluding tert-OH is 1. The van der Waals surface area contributed by atoms with Crippen molar-refractivity contribution in [3.05, 3.63) is 0 Å². The Morgan fingerprint density at radius 2 is 1.94 bits per heavy atom. The Bertz CT molecular complexity index is 203. The predicted octanol–water partition coefficient (Wildman–Crippen LogP) is 2.11. The molecular weight excluding hydrogens is 230 g/mol. The van der Waals surface area contributed by atoms with Crippen molar-refractivity contribution in [3.63, 3.8) is 0 Å². The molecule has 0 radical (unpaired) electrons. The van der Waals surface area contributed by atoms with Crippen LogP contribution in [0.3, 0.4) is 0 Å². The second-order valence-corrected chi connectivity index (χ2v) is 4.79. The third kappa shape index (κ3) is 7.67. The number of nitrogens with one attached hydrogen (secondary N) is 1. The molecule has 2 unspecified atom stereocenters. The Morgan fingerprint density at radius 3 is 2.44 bits per heavy atom. The number of carbonyl (C=O) groups excluding carboxylic acids is 1. The molecule has 0 bridgehead atoms. The van der Waals surface area contributed by atoms with Crippen LogP contribution in [0.4, 0.5) is 0 Å². The summed E-state index contributed by atoms with van der Waals surface area (Å²) in [5.41, 5.74) is 0. The quantitative estimate of drug-likeness (QED) is 0.558. The fraction of sp³-hybridized carbons (Fsp3) is 0.929. The van der Waals surface area contributed by atoms with E-state index in [0.717, 1.165) is 45.1 Å². The average molecular weight is 259 g/mol. The zero-order valence-electron chi connectivity index (χ0n) is 12.1. The van der Waals surface area contributed by atoms with Gasteiger partial charge in [0.25, 0.3) is 0 Å². The van der Waals surface area contributed by atoms with E-state index in [1.54, 1.807) is 0 Å². The minimum Gasteiger partial charge on any atom is -0.468 e. The monoisotopic (exact) mass is 259 g/mol. The number of hydrogen-bond donors (Lipinski definition) is 2. The summed E-state index contributed by atoms with van der Waals surface area (Å²) in [6, 6.07) is -0.201. The van der Waals surface area contributed by atoms with E-state index in [1.165, 1.54) is 7.11 Å². The smallest absolute Gasteiger partial charge is 0.322 e. The molecule has 0 aromatic heterocycles. The van der Waals surface area contributed by atoms with Gasteiger partial charge in [-0.05, 0) is 31.7 Å². The average Bonchev–Trinajstić information content (AvgIpc) is 2.38. The molecule has 18 heavy (non-hydrogen) atoms. The van der Waals surface area contributed by atoms with Crippen LogP contribution < -0.4 is 5.32 Å². The molecule has 2 N–H and O–H groups in total. The summed E-state index contributed by atoms with van der Waals surface area (Å²) in [5.74, 6) is 0.261. The van der Waals surface area contributed by atoms with Gasteiger partial charge in [-0.25, -0.2) is 0 Å². The molecular formula is C14H29NO3. The first-order valence-corrected chi connectivity index (χ1v) is 7.11. The predicted molar refractivity (Wildman–Crippen MR) is 73.4 cm³/mol. The number of aliphatic hydroxyl groups is 1. The largest absolute Gasteiger partial charge is 0.468 e. The van der Waals surface area contributed by atoms with Gasteiger partial charge < -0.3 is 15.2 Å². The number of ether oxygens (including phenoxy) is 1. The van der Waals surface area contributed by atoms with Crippen LogP contribution in [0.15, 0.2) is 0 Å². The zero-order chi connectivity index (χ0) is 13.8. The molecule has 0 saturated carbocycles. The highest BCUT2D eigenvalue weighted by Crippen LogP contribution is 2.11.